The first kappa shape index (κ1) is 11.4. The van der Waals surface area contributed by atoms with Crippen molar-refractivity contribution in [2.24, 2.45) is 0 Å². The molecule has 17 heavy (non-hydrogen) atoms. The molecule has 1 aromatic heterocycles. The average molecular weight is 235 g/mol. The third-order valence-corrected chi connectivity index (χ3v) is 2.25. The lowest BCUT2D eigenvalue weighted by Crippen LogP contribution is -2.05. The van der Waals surface area contributed by atoms with Crippen LogP contribution in [0.5, 0.6) is 0 Å². The highest BCUT2D eigenvalue weighted by molar-refractivity contribution is 5.28. The minimum Gasteiger partial charge on any atom is -0.350 e. The standard InChI is InChI=1S/C12H11F2N3/c1-8-4-5-15-12(17-8)16-7-9-2-3-10(13)6-11(9)14/h2-6H,7H2,1H3,(H,15,16,17). The van der Waals surface area contributed by atoms with E-state index in [0.29, 0.717) is 11.5 Å². The second kappa shape index (κ2) is 4.86. The predicted molar refractivity (Wildman–Crippen MR) is 60.5 cm³/mol. The van der Waals surface area contributed by atoms with Gasteiger partial charge in [-0.3, -0.25) is 0 Å². The summed E-state index contributed by atoms with van der Waals surface area (Å²) in [6.07, 6.45) is 1.62. The highest BCUT2D eigenvalue weighted by atomic mass is 19.1. The van der Waals surface area contributed by atoms with Gasteiger partial charge in [0.15, 0.2) is 0 Å². The van der Waals surface area contributed by atoms with Crippen LogP contribution in [-0.2, 0) is 6.54 Å². The van der Waals surface area contributed by atoms with Gasteiger partial charge in [0.2, 0.25) is 5.95 Å². The molecule has 5 heteroatoms. The smallest absolute Gasteiger partial charge is 0.223 e. The summed E-state index contributed by atoms with van der Waals surface area (Å²) in [5, 5.41) is 2.88. The maximum atomic E-state index is 13.3. The summed E-state index contributed by atoms with van der Waals surface area (Å²) in [6.45, 7) is 2.06. The van der Waals surface area contributed by atoms with Crippen molar-refractivity contribution in [2.45, 2.75) is 13.5 Å². The SMILES string of the molecule is Cc1ccnc(NCc2ccc(F)cc2F)n1. The molecule has 0 aliphatic rings. The van der Waals surface area contributed by atoms with E-state index in [1.54, 1.807) is 12.3 Å². The summed E-state index contributed by atoms with van der Waals surface area (Å²) >= 11 is 0. The molecular formula is C12H11F2N3. The fourth-order valence-corrected chi connectivity index (χ4v) is 1.37. The molecule has 88 valence electrons. The number of anilines is 1. The zero-order valence-electron chi connectivity index (χ0n) is 9.24. The first-order valence-corrected chi connectivity index (χ1v) is 5.12. The van der Waals surface area contributed by atoms with E-state index in [9.17, 15) is 8.78 Å². The second-order valence-corrected chi connectivity index (χ2v) is 3.61. The lowest BCUT2D eigenvalue weighted by molar-refractivity contribution is 0.574. The van der Waals surface area contributed by atoms with Gasteiger partial charge < -0.3 is 5.32 Å². The number of aryl methyl sites for hydroxylation is 1. The van der Waals surface area contributed by atoms with Crippen molar-refractivity contribution in [3.63, 3.8) is 0 Å². The Bertz CT molecular complexity index is 529. The molecule has 0 spiro atoms. The Balaban J connectivity index is 2.07. The minimum absolute atomic E-state index is 0.218. The Hall–Kier alpha value is -2.04. The van der Waals surface area contributed by atoms with Crippen molar-refractivity contribution in [3.05, 3.63) is 53.4 Å². The van der Waals surface area contributed by atoms with Crippen LogP contribution in [0.15, 0.2) is 30.5 Å². The second-order valence-electron chi connectivity index (χ2n) is 3.61. The van der Waals surface area contributed by atoms with E-state index in [4.69, 9.17) is 0 Å². The van der Waals surface area contributed by atoms with Crippen LogP contribution in [0.2, 0.25) is 0 Å². The van der Waals surface area contributed by atoms with E-state index >= 15 is 0 Å². The van der Waals surface area contributed by atoms with Gasteiger partial charge in [0.25, 0.3) is 0 Å². The normalized spacial score (nSPS) is 10.3. The van der Waals surface area contributed by atoms with Gasteiger partial charge in [0.1, 0.15) is 11.6 Å². The first-order valence-electron chi connectivity index (χ1n) is 5.12. The van der Waals surface area contributed by atoms with Crippen LogP contribution in [0, 0.1) is 18.6 Å². The summed E-state index contributed by atoms with van der Waals surface area (Å²) in [5.41, 5.74) is 1.19. The maximum absolute atomic E-state index is 13.3. The Morgan fingerprint density at radius 3 is 2.76 bits per heavy atom. The summed E-state index contributed by atoms with van der Waals surface area (Å²) < 4.78 is 26.0. The van der Waals surface area contributed by atoms with E-state index in [1.165, 1.54) is 12.1 Å². The van der Waals surface area contributed by atoms with E-state index in [-0.39, 0.29) is 6.54 Å². The number of hydrogen-bond acceptors (Lipinski definition) is 3. The number of aromatic nitrogens is 2. The minimum atomic E-state index is -0.585. The maximum Gasteiger partial charge on any atom is 0.223 e. The van der Waals surface area contributed by atoms with Crippen molar-refractivity contribution < 1.29 is 8.78 Å². The quantitative estimate of drug-likeness (QED) is 0.888. The molecule has 1 aromatic carbocycles. The molecule has 1 N–H and O–H groups in total. The largest absolute Gasteiger partial charge is 0.350 e. The molecule has 0 saturated carbocycles. The Labute approximate surface area is 97.5 Å². The zero-order valence-corrected chi connectivity index (χ0v) is 9.24. The number of hydrogen-bond donors (Lipinski definition) is 1. The highest BCUT2D eigenvalue weighted by Gasteiger charge is 2.04. The van der Waals surface area contributed by atoms with E-state index in [1.807, 2.05) is 6.92 Å². The molecule has 0 radical (unpaired) electrons. The monoisotopic (exact) mass is 235 g/mol. The zero-order chi connectivity index (χ0) is 12.3. The Morgan fingerprint density at radius 2 is 2.06 bits per heavy atom. The lowest BCUT2D eigenvalue weighted by atomic mass is 10.2. The molecule has 0 aliphatic heterocycles. The molecule has 0 atom stereocenters. The number of nitrogens with zero attached hydrogens (tertiary/aromatic N) is 2. The van der Waals surface area contributed by atoms with Crippen molar-refractivity contribution in [1.29, 1.82) is 0 Å². The number of benzene rings is 1. The van der Waals surface area contributed by atoms with Crippen LogP contribution >= 0.6 is 0 Å². The number of rotatable bonds is 3. The van der Waals surface area contributed by atoms with Crippen molar-refractivity contribution >= 4 is 5.95 Å². The van der Waals surface area contributed by atoms with Gasteiger partial charge in [-0.05, 0) is 19.1 Å². The molecule has 0 saturated heterocycles. The molecular weight excluding hydrogens is 224 g/mol. The molecule has 1 heterocycles. The number of halogens is 2. The topological polar surface area (TPSA) is 37.8 Å². The fourth-order valence-electron chi connectivity index (χ4n) is 1.37. The third-order valence-electron chi connectivity index (χ3n) is 2.25. The summed E-state index contributed by atoms with van der Waals surface area (Å²) in [5.74, 6) is -0.739. The van der Waals surface area contributed by atoms with Gasteiger partial charge in [-0.1, -0.05) is 6.07 Å². The highest BCUT2D eigenvalue weighted by Crippen LogP contribution is 2.11. The molecule has 0 amide bonds. The van der Waals surface area contributed by atoms with Crippen LogP contribution in [0.3, 0.4) is 0 Å². The van der Waals surface area contributed by atoms with Crippen molar-refractivity contribution in [1.82, 2.24) is 9.97 Å². The average Bonchev–Trinajstić information content (AvgIpc) is 2.28. The fraction of sp³-hybridized carbons (Fsp3) is 0.167. The molecule has 2 rings (SSSR count). The van der Waals surface area contributed by atoms with Crippen LogP contribution in [0.4, 0.5) is 14.7 Å². The van der Waals surface area contributed by atoms with E-state index < -0.39 is 11.6 Å². The summed E-state index contributed by atoms with van der Waals surface area (Å²) in [7, 11) is 0. The van der Waals surface area contributed by atoms with Gasteiger partial charge in [0.05, 0.1) is 0 Å². The third kappa shape index (κ3) is 2.96. The van der Waals surface area contributed by atoms with Gasteiger partial charge in [-0.25, -0.2) is 18.7 Å². The van der Waals surface area contributed by atoms with Crippen LogP contribution < -0.4 is 5.32 Å². The van der Waals surface area contributed by atoms with Crippen molar-refractivity contribution in [2.75, 3.05) is 5.32 Å². The van der Waals surface area contributed by atoms with E-state index in [0.717, 1.165) is 11.8 Å². The predicted octanol–water partition coefficient (Wildman–Crippen LogP) is 2.68. The molecule has 0 unspecified atom stereocenters. The van der Waals surface area contributed by atoms with Gasteiger partial charge in [-0.2, -0.15) is 0 Å². The van der Waals surface area contributed by atoms with Gasteiger partial charge >= 0.3 is 0 Å². The molecule has 3 nitrogen and oxygen atoms in total. The van der Waals surface area contributed by atoms with Gasteiger partial charge in [-0.15, -0.1) is 0 Å². The number of nitrogens with one attached hydrogen (secondary N) is 1. The molecule has 0 bridgehead atoms. The van der Waals surface area contributed by atoms with Crippen LogP contribution in [-0.4, -0.2) is 9.97 Å². The van der Waals surface area contributed by atoms with Crippen molar-refractivity contribution in [3.8, 4) is 0 Å². The summed E-state index contributed by atoms with van der Waals surface area (Å²) in [6, 6.07) is 5.24. The Morgan fingerprint density at radius 1 is 1.24 bits per heavy atom. The van der Waals surface area contributed by atoms with Crippen LogP contribution in [0.25, 0.3) is 0 Å². The summed E-state index contributed by atoms with van der Waals surface area (Å²) in [4.78, 5) is 8.10. The lowest BCUT2D eigenvalue weighted by Gasteiger charge is -2.06. The van der Waals surface area contributed by atoms with Gasteiger partial charge in [0, 0.05) is 30.1 Å². The van der Waals surface area contributed by atoms with Crippen LogP contribution in [0.1, 0.15) is 11.3 Å². The first-order chi connectivity index (χ1) is 8.15. The van der Waals surface area contributed by atoms with E-state index in [2.05, 4.69) is 15.3 Å². The molecule has 0 fully saturated rings. The molecule has 2 aromatic rings. The Kier molecular flexibility index (Phi) is 3.27. The molecule has 0 aliphatic carbocycles.